The highest BCUT2D eigenvalue weighted by molar-refractivity contribution is 6.74. The SMILES string of the molecule is CC(C)(C)[Si](C)(C)Oc1ccc(-c2cccc(C=O)c2)cc1C12CC3CC(CC(C3)C1)C2. The molecule has 4 fully saturated rings. The van der Waals surface area contributed by atoms with Gasteiger partial charge < -0.3 is 4.43 Å². The second-order valence-electron chi connectivity index (χ2n) is 12.5. The van der Waals surface area contributed by atoms with E-state index in [4.69, 9.17) is 4.43 Å². The Morgan fingerprint density at radius 2 is 1.50 bits per heavy atom. The average Bonchev–Trinajstić information content (AvgIpc) is 2.72. The molecule has 0 amide bonds. The molecule has 2 aromatic rings. The van der Waals surface area contributed by atoms with Crippen LogP contribution in [0, 0.1) is 17.8 Å². The number of benzene rings is 2. The van der Waals surface area contributed by atoms with E-state index in [1.54, 1.807) is 0 Å². The lowest BCUT2D eigenvalue weighted by molar-refractivity contribution is -0.00584. The summed E-state index contributed by atoms with van der Waals surface area (Å²) in [6, 6.07) is 14.9. The van der Waals surface area contributed by atoms with Gasteiger partial charge in [-0.2, -0.15) is 0 Å². The van der Waals surface area contributed by atoms with Gasteiger partial charge in [0, 0.05) is 5.56 Å². The van der Waals surface area contributed by atoms with Crippen molar-refractivity contribution in [2.75, 3.05) is 0 Å². The number of carbonyl (C=O) groups is 1. The van der Waals surface area contributed by atoms with Crippen molar-refractivity contribution in [1.29, 1.82) is 0 Å². The van der Waals surface area contributed by atoms with Crippen LogP contribution in [-0.4, -0.2) is 14.6 Å². The highest BCUT2D eigenvalue weighted by Gasteiger charge is 2.53. The maximum Gasteiger partial charge on any atom is 0.250 e. The highest BCUT2D eigenvalue weighted by Crippen LogP contribution is 2.62. The van der Waals surface area contributed by atoms with Gasteiger partial charge in [0.2, 0.25) is 8.32 Å². The fraction of sp³-hybridized carbons (Fsp3) is 0.552. The van der Waals surface area contributed by atoms with Crippen LogP contribution in [0.1, 0.15) is 75.2 Å². The molecule has 0 radical (unpaired) electrons. The molecule has 0 spiro atoms. The van der Waals surface area contributed by atoms with Gasteiger partial charge in [-0.3, -0.25) is 4.79 Å². The third kappa shape index (κ3) is 3.77. The molecule has 2 nitrogen and oxygen atoms in total. The number of hydrogen-bond donors (Lipinski definition) is 0. The van der Waals surface area contributed by atoms with Gasteiger partial charge in [-0.15, -0.1) is 0 Å². The summed E-state index contributed by atoms with van der Waals surface area (Å²) >= 11 is 0. The van der Waals surface area contributed by atoms with Crippen molar-refractivity contribution in [2.45, 2.75) is 82.8 Å². The summed E-state index contributed by atoms with van der Waals surface area (Å²) in [6.45, 7) is 11.7. The summed E-state index contributed by atoms with van der Waals surface area (Å²) in [7, 11) is -1.95. The van der Waals surface area contributed by atoms with Crippen molar-refractivity contribution in [3.8, 4) is 16.9 Å². The molecule has 2 aromatic carbocycles. The molecule has 32 heavy (non-hydrogen) atoms. The number of rotatable bonds is 5. The van der Waals surface area contributed by atoms with E-state index in [-0.39, 0.29) is 10.5 Å². The Hall–Kier alpha value is -1.87. The number of hydrogen-bond acceptors (Lipinski definition) is 2. The maximum absolute atomic E-state index is 11.4. The van der Waals surface area contributed by atoms with Crippen LogP contribution in [0.3, 0.4) is 0 Å². The summed E-state index contributed by atoms with van der Waals surface area (Å²) < 4.78 is 7.01. The van der Waals surface area contributed by atoms with Gasteiger partial charge in [0.15, 0.2) is 0 Å². The zero-order valence-electron chi connectivity index (χ0n) is 20.4. The van der Waals surface area contributed by atoms with Crippen molar-refractivity contribution in [3.05, 3.63) is 53.6 Å². The molecule has 0 aliphatic heterocycles. The Morgan fingerprint density at radius 1 is 0.906 bits per heavy atom. The molecule has 170 valence electrons. The average molecular weight is 447 g/mol. The molecule has 0 aromatic heterocycles. The van der Waals surface area contributed by atoms with Crippen LogP contribution in [0.2, 0.25) is 18.1 Å². The fourth-order valence-electron chi connectivity index (χ4n) is 6.87. The van der Waals surface area contributed by atoms with Crippen LogP contribution in [0.5, 0.6) is 5.75 Å². The molecule has 0 N–H and O–H groups in total. The van der Waals surface area contributed by atoms with E-state index in [1.165, 1.54) is 49.7 Å². The fourth-order valence-corrected chi connectivity index (χ4v) is 7.91. The molecule has 3 heteroatoms. The van der Waals surface area contributed by atoms with Crippen molar-refractivity contribution >= 4 is 14.6 Å². The van der Waals surface area contributed by atoms with Crippen LogP contribution >= 0.6 is 0 Å². The highest BCUT2D eigenvalue weighted by atomic mass is 28.4. The van der Waals surface area contributed by atoms with E-state index >= 15 is 0 Å². The second kappa shape index (κ2) is 7.58. The van der Waals surface area contributed by atoms with Crippen molar-refractivity contribution in [3.63, 3.8) is 0 Å². The first-order chi connectivity index (χ1) is 15.1. The molecular formula is C29H38O2Si. The molecule has 4 bridgehead atoms. The van der Waals surface area contributed by atoms with Gasteiger partial charge in [0.25, 0.3) is 0 Å². The van der Waals surface area contributed by atoms with E-state index in [0.717, 1.165) is 40.9 Å². The zero-order valence-corrected chi connectivity index (χ0v) is 21.4. The predicted molar refractivity (Wildman–Crippen MR) is 135 cm³/mol. The summed E-state index contributed by atoms with van der Waals surface area (Å²) in [5.74, 6) is 3.81. The lowest BCUT2D eigenvalue weighted by Crippen LogP contribution is -2.49. The monoisotopic (exact) mass is 446 g/mol. The van der Waals surface area contributed by atoms with Crippen LogP contribution in [0.15, 0.2) is 42.5 Å². The van der Waals surface area contributed by atoms with E-state index in [2.05, 4.69) is 58.1 Å². The largest absolute Gasteiger partial charge is 0.543 e. The molecule has 4 aliphatic rings. The van der Waals surface area contributed by atoms with Crippen molar-refractivity contribution < 1.29 is 9.22 Å². The molecule has 0 heterocycles. The third-order valence-electron chi connectivity index (χ3n) is 9.12. The van der Waals surface area contributed by atoms with Crippen molar-refractivity contribution in [1.82, 2.24) is 0 Å². The van der Waals surface area contributed by atoms with Crippen LogP contribution in [0.25, 0.3) is 11.1 Å². The summed E-state index contributed by atoms with van der Waals surface area (Å²) in [4.78, 5) is 11.4. The Labute approximate surface area is 194 Å². The van der Waals surface area contributed by atoms with Crippen LogP contribution in [-0.2, 0) is 5.41 Å². The molecular weight excluding hydrogens is 408 g/mol. The molecule has 4 saturated carbocycles. The smallest absolute Gasteiger partial charge is 0.250 e. The van der Waals surface area contributed by atoms with Crippen LogP contribution in [0.4, 0.5) is 0 Å². The van der Waals surface area contributed by atoms with Gasteiger partial charge in [-0.25, -0.2) is 0 Å². The topological polar surface area (TPSA) is 26.3 Å². The van der Waals surface area contributed by atoms with Crippen LogP contribution < -0.4 is 4.43 Å². The lowest BCUT2D eigenvalue weighted by atomic mass is 9.48. The first kappa shape index (κ1) is 21.9. The Kier molecular flexibility index (Phi) is 5.20. The van der Waals surface area contributed by atoms with E-state index in [0.29, 0.717) is 0 Å². The quantitative estimate of drug-likeness (QED) is 0.343. The van der Waals surface area contributed by atoms with E-state index < -0.39 is 8.32 Å². The standard InChI is InChI=1S/C29H38O2Si/c1-28(2,3)32(4,5)31-27-10-9-25(24-8-6-7-20(14-24)19-30)15-26(27)29-16-21-11-22(17-29)13-23(12-21)18-29/h6-10,14-15,19,21-23H,11-13,16-18H2,1-5H3. The summed E-state index contributed by atoms with van der Waals surface area (Å²) in [5.41, 5.74) is 4.79. The molecule has 6 rings (SSSR count). The van der Waals surface area contributed by atoms with Gasteiger partial charge in [-0.05, 0) is 115 Å². The molecule has 0 unspecified atom stereocenters. The molecule has 0 saturated heterocycles. The minimum absolute atomic E-state index is 0.169. The first-order valence-electron chi connectivity index (χ1n) is 12.5. The predicted octanol–water partition coefficient (Wildman–Crippen LogP) is 8.02. The third-order valence-corrected chi connectivity index (χ3v) is 13.5. The lowest BCUT2D eigenvalue weighted by Gasteiger charge is -2.57. The Balaban J connectivity index is 1.62. The summed E-state index contributed by atoms with van der Waals surface area (Å²) in [5, 5.41) is 0.169. The Morgan fingerprint density at radius 3 is 2.06 bits per heavy atom. The first-order valence-corrected chi connectivity index (χ1v) is 15.4. The molecule has 4 aliphatic carbocycles. The zero-order chi connectivity index (χ0) is 22.7. The summed E-state index contributed by atoms with van der Waals surface area (Å²) in [6.07, 6.45) is 9.24. The molecule has 0 atom stereocenters. The van der Waals surface area contributed by atoms with Gasteiger partial charge in [-0.1, -0.05) is 45.0 Å². The Bertz CT molecular complexity index is 994. The minimum atomic E-state index is -1.95. The van der Waals surface area contributed by atoms with Gasteiger partial charge >= 0.3 is 0 Å². The maximum atomic E-state index is 11.4. The van der Waals surface area contributed by atoms with E-state index in [1.807, 2.05) is 18.2 Å². The van der Waals surface area contributed by atoms with E-state index in [9.17, 15) is 4.79 Å². The number of aldehydes is 1. The minimum Gasteiger partial charge on any atom is -0.543 e. The number of carbonyl (C=O) groups excluding carboxylic acids is 1. The van der Waals surface area contributed by atoms with Gasteiger partial charge in [0.1, 0.15) is 12.0 Å². The normalized spacial score (nSPS) is 29.2. The van der Waals surface area contributed by atoms with Crippen molar-refractivity contribution in [2.24, 2.45) is 17.8 Å². The van der Waals surface area contributed by atoms with Gasteiger partial charge in [0.05, 0.1) is 0 Å². The second-order valence-corrected chi connectivity index (χ2v) is 17.2.